The first-order valence-corrected chi connectivity index (χ1v) is 7.78. The summed E-state index contributed by atoms with van der Waals surface area (Å²) in [6.45, 7) is 0.833. The third-order valence-electron chi connectivity index (χ3n) is 3.93. The Morgan fingerprint density at radius 2 is 2.16 bits per heavy atom. The third kappa shape index (κ3) is 4.46. The van der Waals surface area contributed by atoms with Crippen LogP contribution in [0.5, 0.6) is 5.88 Å². The van der Waals surface area contributed by atoms with Crippen LogP contribution >= 0.6 is 0 Å². The fourth-order valence-electron chi connectivity index (χ4n) is 2.66. The van der Waals surface area contributed by atoms with E-state index in [-0.39, 0.29) is 24.3 Å². The predicted octanol–water partition coefficient (Wildman–Crippen LogP) is 2.72. The number of ether oxygens (including phenoxy) is 1. The Morgan fingerprint density at radius 3 is 2.88 bits per heavy atom. The summed E-state index contributed by atoms with van der Waals surface area (Å²) in [4.78, 5) is 21.7. The van der Waals surface area contributed by atoms with Crippen molar-refractivity contribution in [2.45, 2.75) is 25.1 Å². The second kappa shape index (κ2) is 7.08. The maximum absolute atomic E-state index is 12.7. The smallest absolute Gasteiger partial charge is 0.416 e. The Balaban J connectivity index is 1.57. The molecule has 0 aliphatic carbocycles. The van der Waals surface area contributed by atoms with Crippen molar-refractivity contribution in [3.8, 4) is 5.88 Å². The van der Waals surface area contributed by atoms with E-state index in [0.717, 1.165) is 23.9 Å². The number of aromatic nitrogens is 2. The minimum Gasteiger partial charge on any atom is -0.472 e. The van der Waals surface area contributed by atoms with Gasteiger partial charge in [-0.2, -0.15) is 13.2 Å². The number of pyridine rings is 2. The van der Waals surface area contributed by atoms with Crippen LogP contribution in [0.3, 0.4) is 0 Å². The number of nitrogens with zero attached hydrogens (tertiary/aromatic N) is 3. The highest BCUT2D eigenvalue weighted by Crippen LogP contribution is 2.31. The van der Waals surface area contributed by atoms with Crippen LogP contribution in [0.2, 0.25) is 0 Å². The van der Waals surface area contributed by atoms with Crippen LogP contribution in [0.25, 0.3) is 0 Å². The SMILES string of the molecule is O=C(Cc1cccnc1)N1CCC(Oc2cc(C(F)(F)F)ccn2)C1. The van der Waals surface area contributed by atoms with Crippen LogP contribution in [-0.4, -0.2) is 40.0 Å². The summed E-state index contributed by atoms with van der Waals surface area (Å²) in [6, 6.07) is 5.35. The first-order chi connectivity index (χ1) is 11.9. The zero-order valence-corrected chi connectivity index (χ0v) is 13.2. The van der Waals surface area contributed by atoms with Gasteiger partial charge in [0.2, 0.25) is 11.8 Å². The number of alkyl halides is 3. The summed E-state index contributed by atoms with van der Waals surface area (Å²) in [5.41, 5.74) is 0.0106. The molecular formula is C17H16F3N3O2. The summed E-state index contributed by atoms with van der Waals surface area (Å²) in [7, 11) is 0. The molecule has 5 nitrogen and oxygen atoms in total. The minimum atomic E-state index is -4.44. The normalized spacial score (nSPS) is 17.6. The molecule has 0 aromatic carbocycles. The standard InChI is InChI=1S/C17H16F3N3O2/c18-17(19,20)13-3-6-22-15(9-13)25-14-4-7-23(11-14)16(24)8-12-2-1-5-21-10-12/h1-3,5-6,9-10,14H,4,7-8,11H2. The van der Waals surface area contributed by atoms with E-state index in [1.807, 2.05) is 6.07 Å². The number of carbonyl (C=O) groups excluding carboxylic acids is 1. The second-order valence-electron chi connectivity index (χ2n) is 5.79. The lowest BCUT2D eigenvalue weighted by Gasteiger charge is -2.17. The molecule has 1 aliphatic heterocycles. The van der Waals surface area contributed by atoms with Gasteiger partial charge in [-0.3, -0.25) is 9.78 Å². The van der Waals surface area contributed by atoms with E-state index in [0.29, 0.717) is 19.5 Å². The number of amides is 1. The van der Waals surface area contributed by atoms with Crippen molar-refractivity contribution in [2.75, 3.05) is 13.1 Å². The van der Waals surface area contributed by atoms with Gasteiger partial charge in [-0.05, 0) is 17.7 Å². The second-order valence-corrected chi connectivity index (χ2v) is 5.79. The van der Waals surface area contributed by atoms with Gasteiger partial charge in [-0.1, -0.05) is 6.07 Å². The molecule has 1 fully saturated rings. The summed E-state index contributed by atoms with van der Waals surface area (Å²) in [5.74, 6) is -0.141. The average molecular weight is 351 g/mol. The quantitative estimate of drug-likeness (QED) is 0.850. The number of carbonyl (C=O) groups is 1. The van der Waals surface area contributed by atoms with Crippen molar-refractivity contribution in [1.29, 1.82) is 0 Å². The largest absolute Gasteiger partial charge is 0.472 e. The third-order valence-corrected chi connectivity index (χ3v) is 3.93. The summed E-state index contributed by atoms with van der Waals surface area (Å²) in [5, 5.41) is 0. The maximum atomic E-state index is 12.7. The Morgan fingerprint density at radius 1 is 1.32 bits per heavy atom. The van der Waals surface area contributed by atoms with E-state index < -0.39 is 11.7 Å². The molecule has 0 radical (unpaired) electrons. The molecule has 1 atom stereocenters. The zero-order valence-electron chi connectivity index (χ0n) is 13.2. The fourth-order valence-corrected chi connectivity index (χ4v) is 2.66. The van der Waals surface area contributed by atoms with Crippen molar-refractivity contribution in [2.24, 2.45) is 0 Å². The number of likely N-dealkylation sites (tertiary alicyclic amines) is 1. The summed E-state index contributed by atoms with van der Waals surface area (Å²) in [6.07, 6.45) is 0.318. The Kier molecular flexibility index (Phi) is 4.87. The number of hydrogen-bond acceptors (Lipinski definition) is 4. The number of rotatable bonds is 4. The highest BCUT2D eigenvalue weighted by Gasteiger charge is 2.32. The molecule has 0 N–H and O–H groups in total. The van der Waals surface area contributed by atoms with Crippen molar-refractivity contribution in [1.82, 2.24) is 14.9 Å². The molecule has 2 aromatic rings. The predicted molar refractivity (Wildman–Crippen MR) is 82.8 cm³/mol. The lowest BCUT2D eigenvalue weighted by atomic mass is 10.2. The van der Waals surface area contributed by atoms with Gasteiger partial charge in [0.05, 0.1) is 18.5 Å². The average Bonchev–Trinajstić information content (AvgIpc) is 3.04. The Hall–Kier alpha value is -2.64. The maximum Gasteiger partial charge on any atom is 0.416 e. The van der Waals surface area contributed by atoms with Gasteiger partial charge in [0.25, 0.3) is 0 Å². The van der Waals surface area contributed by atoms with Gasteiger partial charge < -0.3 is 9.64 Å². The number of halogens is 3. The highest BCUT2D eigenvalue weighted by atomic mass is 19.4. The van der Waals surface area contributed by atoms with E-state index in [1.165, 1.54) is 0 Å². The van der Waals surface area contributed by atoms with Gasteiger partial charge in [-0.15, -0.1) is 0 Å². The molecule has 8 heteroatoms. The molecule has 1 saturated heterocycles. The van der Waals surface area contributed by atoms with Crippen LogP contribution in [0.15, 0.2) is 42.9 Å². The van der Waals surface area contributed by atoms with Crippen LogP contribution in [0, 0.1) is 0 Å². The van der Waals surface area contributed by atoms with Crippen LogP contribution < -0.4 is 4.74 Å². The molecule has 25 heavy (non-hydrogen) atoms. The van der Waals surface area contributed by atoms with Crippen molar-refractivity contribution < 1.29 is 22.7 Å². The monoisotopic (exact) mass is 351 g/mol. The Bertz CT molecular complexity index is 737. The zero-order chi connectivity index (χ0) is 17.9. The summed E-state index contributed by atoms with van der Waals surface area (Å²) >= 11 is 0. The van der Waals surface area contributed by atoms with Crippen LogP contribution in [-0.2, 0) is 17.4 Å². The van der Waals surface area contributed by atoms with Gasteiger partial charge in [-0.25, -0.2) is 4.98 Å². The van der Waals surface area contributed by atoms with Crippen LogP contribution in [0.4, 0.5) is 13.2 Å². The van der Waals surface area contributed by atoms with E-state index in [1.54, 1.807) is 23.4 Å². The molecule has 1 aliphatic rings. The number of hydrogen-bond donors (Lipinski definition) is 0. The molecule has 3 rings (SSSR count). The van der Waals surface area contributed by atoms with Gasteiger partial charge in [0.1, 0.15) is 6.10 Å². The molecule has 2 aromatic heterocycles. The highest BCUT2D eigenvalue weighted by molar-refractivity contribution is 5.79. The van der Waals surface area contributed by atoms with Crippen molar-refractivity contribution in [3.05, 3.63) is 54.0 Å². The summed E-state index contributed by atoms with van der Waals surface area (Å²) < 4.78 is 43.7. The minimum absolute atomic E-state index is 0.0592. The van der Waals surface area contributed by atoms with Crippen molar-refractivity contribution in [3.63, 3.8) is 0 Å². The van der Waals surface area contributed by atoms with E-state index in [9.17, 15) is 18.0 Å². The first-order valence-electron chi connectivity index (χ1n) is 7.78. The van der Waals surface area contributed by atoms with Gasteiger partial charge in [0, 0.05) is 37.6 Å². The molecule has 1 unspecified atom stereocenters. The fraction of sp³-hybridized carbons (Fsp3) is 0.353. The van der Waals surface area contributed by atoms with E-state index in [2.05, 4.69) is 9.97 Å². The van der Waals surface area contributed by atoms with Gasteiger partial charge in [0.15, 0.2) is 0 Å². The molecular weight excluding hydrogens is 335 g/mol. The topological polar surface area (TPSA) is 55.3 Å². The lowest BCUT2D eigenvalue weighted by molar-refractivity contribution is -0.137. The molecule has 0 bridgehead atoms. The molecule has 1 amide bonds. The van der Waals surface area contributed by atoms with E-state index >= 15 is 0 Å². The molecule has 0 saturated carbocycles. The van der Waals surface area contributed by atoms with Crippen molar-refractivity contribution >= 4 is 5.91 Å². The molecule has 132 valence electrons. The molecule has 3 heterocycles. The first kappa shape index (κ1) is 17.2. The van der Waals surface area contributed by atoms with Gasteiger partial charge >= 0.3 is 6.18 Å². The Labute approximate surface area is 142 Å². The van der Waals surface area contributed by atoms with E-state index in [4.69, 9.17) is 4.74 Å². The van der Waals surface area contributed by atoms with Crippen LogP contribution in [0.1, 0.15) is 17.5 Å². The molecule has 0 spiro atoms. The lowest BCUT2D eigenvalue weighted by Crippen LogP contribution is -2.32.